The second-order valence-electron chi connectivity index (χ2n) is 16.5. The fourth-order valence-corrected chi connectivity index (χ4v) is 10.4. The Bertz CT molecular complexity index is 2430. The standard InChI is InChI=1S/C21H26N6O2S.C12H16N4.C10H13NO3S.CH4/c1-14-11-26-7-2-3-18(26)19(22-14)27-8-4-15(12-27)23-20(29)17-13-30-21(24-17)25-9-5-16(28)6-10-25;1-9-7-15-5-2-3-11(15)12(14-9)16-6-4-10(13)8-16;12-7-3-1-6(2-4-7)9-11-8(5-15-9)10(13)14;/h2-3,7,11,13,15-16,28H,4-6,8-10,12H2,1H3,(H,23,29);2-3,5,7,10H,4,6,8,13H2,1H3;5-7,12H,1-4H2,(H,13,14);1H4/t15-;10-;;/m00../s1. The van der Waals surface area contributed by atoms with Crippen molar-refractivity contribution in [2.75, 3.05) is 54.0 Å². The summed E-state index contributed by atoms with van der Waals surface area (Å²) in [7, 11) is 0. The number of aliphatic hydroxyl groups is 2. The number of amides is 1. The lowest BCUT2D eigenvalue weighted by Gasteiger charge is -2.29. The van der Waals surface area contributed by atoms with Gasteiger partial charge in [-0.15, -0.1) is 22.7 Å². The van der Waals surface area contributed by atoms with Gasteiger partial charge in [0.25, 0.3) is 5.91 Å². The number of nitrogens with two attached hydrogens (primary N) is 1. The molecule has 1 saturated carbocycles. The van der Waals surface area contributed by atoms with E-state index < -0.39 is 5.97 Å². The number of carboxylic acid groups (broad SMARTS) is 1. The minimum Gasteiger partial charge on any atom is -0.476 e. The van der Waals surface area contributed by atoms with E-state index in [-0.39, 0.29) is 43.3 Å². The topological polar surface area (TPSA) is 203 Å². The highest BCUT2D eigenvalue weighted by atomic mass is 32.1. The minimum absolute atomic E-state index is 0. The molecule has 0 bridgehead atoms. The molecule has 1 amide bonds. The van der Waals surface area contributed by atoms with Gasteiger partial charge in [0, 0.05) is 92.8 Å². The molecule has 4 fully saturated rings. The SMILES string of the molecule is C.Cc1cn2cccc2c(N2CC[C@H](N)C2)n1.Cc1cn2cccc2c(N2CC[C@H](NC(=O)c3csc(N4CCC(O)CC4)n3)C2)n1.O=C(O)c1csc(C2CCC(O)CC2)n1. The highest BCUT2D eigenvalue weighted by Crippen LogP contribution is 2.34. The highest BCUT2D eigenvalue weighted by Gasteiger charge is 2.29. The number of carbonyl (C=O) groups excluding carboxylic acids is 1. The average molecular weight is 886 g/mol. The van der Waals surface area contributed by atoms with Crippen molar-refractivity contribution in [2.24, 2.45) is 5.73 Å². The van der Waals surface area contributed by atoms with Crippen molar-refractivity contribution >= 4 is 62.4 Å². The number of thiazole rings is 2. The molecule has 6 aromatic rings. The molecule has 9 heterocycles. The van der Waals surface area contributed by atoms with Crippen LogP contribution in [0, 0.1) is 13.8 Å². The van der Waals surface area contributed by atoms with Gasteiger partial charge in [-0.3, -0.25) is 4.79 Å². The molecule has 6 aromatic heterocycles. The number of nitrogens with zero attached hydrogens (tertiary/aromatic N) is 9. The molecule has 6 N–H and O–H groups in total. The zero-order valence-electron chi connectivity index (χ0n) is 34.6. The van der Waals surface area contributed by atoms with E-state index in [0.29, 0.717) is 11.6 Å². The minimum atomic E-state index is -0.964. The molecule has 0 spiro atoms. The van der Waals surface area contributed by atoms with Crippen LogP contribution >= 0.6 is 22.7 Å². The molecule has 18 heteroatoms. The lowest BCUT2D eigenvalue weighted by atomic mass is 9.88. The molecule has 1 aliphatic carbocycles. The molecule has 0 radical (unpaired) electrons. The van der Waals surface area contributed by atoms with Crippen molar-refractivity contribution in [1.29, 1.82) is 0 Å². The maximum absolute atomic E-state index is 12.8. The molecule has 16 nitrogen and oxygen atoms in total. The number of aliphatic hydroxyl groups excluding tert-OH is 2. The van der Waals surface area contributed by atoms with Crippen LogP contribution in [0.3, 0.4) is 0 Å². The Labute approximate surface area is 370 Å². The van der Waals surface area contributed by atoms with Gasteiger partial charge in [0.05, 0.1) is 39.6 Å². The van der Waals surface area contributed by atoms with Crippen molar-refractivity contribution in [2.45, 2.75) is 103 Å². The fraction of sp³-hybridized carbons (Fsp3) is 0.500. The number of nitrogens with one attached hydrogen (secondary N) is 1. The third-order valence-corrected chi connectivity index (χ3v) is 13.7. The molecule has 0 aromatic carbocycles. The van der Waals surface area contributed by atoms with Gasteiger partial charge in [-0.05, 0) is 89.5 Å². The average Bonchev–Trinajstić information content (AvgIpc) is 4.10. The summed E-state index contributed by atoms with van der Waals surface area (Å²) in [6.45, 7) is 9.12. The summed E-state index contributed by atoms with van der Waals surface area (Å²) in [6.07, 6.45) is 14.6. The smallest absolute Gasteiger partial charge is 0.355 e. The van der Waals surface area contributed by atoms with Crippen LogP contribution in [0.25, 0.3) is 11.0 Å². The quantitative estimate of drug-likeness (QED) is 0.130. The first-order valence-electron chi connectivity index (χ1n) is 21.2. The van der Waals surface area contributed by atoms with Crippen LogP contribution in [-0.2, 0) is 0 Å². The van der Waals surface area contributed by atoms with Crippen LogP contribution in [0.2, 0.25) is 0 Å². The summed E-state index contributed by atoms with van der Waals surface area (Å²) in [5.41, 5.74) is 10.8. The van der Waals surface area contributed by atoms with Crippen LogP contribution in [-0.4, -0.2) is 119 Å². The van der Waals surface area contributed by atoms with E-state index in [9.17, 15) is 19.8 Å². The predicted molar refractivity (Wildman–Crippen MR) is 245 cm³/mol. The van der Waals surface area contributed by atoms with Crippen molar-refractivity contribution in [3.8, 4) is 0 Å². The Morgan fingerprint density at radius 2 is 1.27 bits per heavy atom. The van der Waals surface area contributed by atoms with E-state index in [0.717, 1.165) is 129 Å². The number of aromatic nitrogens is 6. The fourth-order valence-electron chi connectivity index (χ4n) is 8.54. The number of anilines is 3. The summed E-state index contributed by atoms with van der Waals surface area (Å²) >= 11 is 2.91. The molecule has 62 heavy (non-hydrogen) atoms. The molecule has 4 aliphatic rings. The summed E-state index contributed by atoms with van der Waals surface area (Å²) in [5, 5.41) is 36.1. The Kier molecular flexibility index (Phi) is 14.4. The van der Waals surface area contributed by atoms with Gasteiger partial charge >= 0.3 is 5.97 Å². The van der Waals surface area contributed by atoms with Crippen LogP contribution in [0.15, 0.2) is 59.8 Å². The van der Waals surface area contributed by atoms with Gasteiger partial charge in [0.1, 0.15) is 5.69 Å². The second-order valence-corrected chi connectivity index (χ2v) is 18.3. The van der Waals surface area contributed by atoms with E-state index in [2.05, 4.69) is 74.4 Å². The molecule has 0 unspecified atom stereocenters. The number of rotatable bonds is 7. The number of aromatic carboxylic acids is 1. The van der Waals surface area contributed by atoms with Gasteiger partial charge in [0.2, 0.25) is 0 Å². The van der Waals surface area contributed by atoms with Crippen molar-refractivity contribution in [1.82, 2.24) is 34.1 Å². The first-order valence-corrected chi connectivity index (χ1v) is 22.9. The normalized spacial score (nSPS) is 21.6. The van der Waals surface area contributed by atoms with Crippen molar-refractivity contribution in [3.63, 3.8) is 0 Å². The van der Waals surface area contributed by atoms with Gasteiger partial charge in [-0.25, -0.2) is 24.7 Å². The molecule has 2 atom stereocenters. The van der Waals surface area contributed by atoms with Crippen LogP contribution in [0.5, 0.6) is 0 Å². The van der Waals surface area contributed by atoms with E-state index >= 15 is 0 Å². The van der Waals surface area contributed by atoms with Crippen molar-refractivity contribution < 1.29 is 24.9 Å². The lowest BCUT2D eigenvalue weighted by Crippen LogP contribution is -2.38. The van der Waals surface area contributed by atoms with Crippen LogP contribution in [0.4, 0.5) is 16.8 Å². The summed E-state index contributed by atoms with van der Waals surface area (Å²) in [4.78, 5) is 48.1. The van der Waals surface area contributed by atoms with E-state index in [4.69, 9.17) is 15.8 Å². The number of hydrogen-bond acceptors (Lipinski definition) is 14. The van der Waals surface area contributed by atoms with Gasteiger partial charge < -0.3 is 49.9 Å². The van der Waals surface area contributed by atoms with Crippen molar-refractivity contribution in [3.05, 3.63) is 87.6 Å². The van der Waals surface area contributed by atoms with E-state index in [1.54, 1.807) is 5.38 Å². The number of fused-ring (bicyclic) bond motifs is 2. The number of carboxylic acids is 1. The number of hydrogen-bond donors (Lipinski definition) is 5. The molecular formula is C44H59N11O5S2. The third kappa shape index (κ3) is 10.5. The summed E-state index contributed by atoms with van der Waals surface area (Å²) in [6, 6.07) is 8.62. The molecular weight excluding hydrogens is 827 g/mol. The zero-order valence-corrected chi connectivity index (χ0v) is 36.3. The molecule has 10 rings (SSSR count). The maximum atomic E-state index is 12.8. The lowest BCUT2D eigenvalue weighted by molar-refractivity contribution is 0.0690. The maximum Gasteiger partial charge on any atom is 0.355 e. The van der Waals surface area contributed by atoms with Gasteiger partial charge in [0.15, 0.2) is 22.5 Å². The molecule has 3 aliphatic heterocycles. The second kappa shape index (κ2) is 19.9. The van der Waals surface area contributed by atoms with E-state index in [1.165, 1.54) is 28.2 Å². The van der Waals surface area contributed by atoms with Crippen LogP contribution in [0.1, 0.15) is 102 Å². The molecule has 3 saturated heterocycles. The van der Waals surface area contributed by atoms with Gasteiger partial charge in [-0.2, -0.15) is 0 Å². The van der Waals surface area contributed by atoms with Crippen LogP contribution < -0.4 is 25.8 Å². The monoisotopic (exact) mass is 885 g/mol. The Balaban J connectivity index is 0.000000153. The number of carbonyl (C=O) groups is 2. The highest BCUT2D eigenvalue weighted by molar-refractivity contribution is 7.14. The first kappa shape index (κ1) is 44.9. The Hall–Kier alpha value is -5.14. The van der Waals surface area contributed by atoms with E-state index in [1.807, 2.05) is 37.7 Å². The molecule has 332 valence electrons. The predicted octanol–water partition coefficient (Wildman–Crippen LogP) is 5.75. The van der Waals surface area contributed by atoms with Gasteiger partial charge in [-0.1, -0.05) is 7.43 Å². The number of piperidine rings is 1. The Morgan fingerprint density at radius 3 is 1.85 bits per heavy atom. The largest absolute Gasteiger partial charge is 0.476 e. The first-order chi connectivity index (χ1) is 29.5. The number of aryl methyl sites for hydroxylation is 2. The Morgan fingerprint density at radius 1 is 0.710 bits per heavy atom. The third-order valence-electron chi connectivity index (χ3n) is 11.8. The summed E-state index contributed by atoms with van der Waals surface area (Å²) < 4.78 is 4.22. The summed E-state index contributed by atoms with van der Waals surface area (Å²) in [5.74, 6) is 1.30. The zero-order chi connectivity index (χ0) is 42.6.